The zero-order chi connectivity index (χ0) is 15.4. The molecule has 0 radical (unpaired) electrons. The number of nitrogens with zero attached hydrogens (tertiary/aromatic N) is 1. The van der Waals surface area contributed by atoms with Gasteiger partial charge in [0.25, 0.3) is 0 Å². The third-order valence-corrected chi connectivity index (χ3v) is 4.79. The molecule has 1 saturated heterocycles. The minimum Gasteiger partial charge on any atom is -0.478 e. The molecule has 1 fully saturated rings. The van der Waals surface area contributed by atoms with Crippen LogP contribution in [0, 0.1) is 12.8 Å². The molecule has 1 amide bonds. The Labute approximate surface area is 129 Å². The number of amides is 1. The second kappa shape index (κ2) is 6.98. The molecule has 1 atom stereocenters. The third-order valence-electron chi connectivity index (χ3n) is 3.81. The van der Waals surface area contributed by atoms with E-state index in [1.54, 1.807) is 19.1 Å². The Balaban J connectivity index is 1.95. The van der Waals surface area contributed by atoms with Gasteiger partial charge < -0.3 is 10.0 Å². The van der Waals surface area contributed by atoms with Gasteiger partial charge in [0.05, 0.1) is 11.3 Å². The summed E-state index contributed by atoms with van der Waals surface area (Å²) in [5.74, 6) is 0.162. The molecule has 0 bridgehead atoms. The lowest BCUT2D eigenvalue weighted by Gasteiger charge is -2.30. The number of carboxylic acid groups (broad SMARTS) is 1. The second-order valence-corrected chi connectivity index (χ2v) is 6.71. The minimum absolute atomic E-state index is 0.143. The standard InChI is InChI=1S/C16H21NO3S/c1-11-4-3-7-17(9-11)15(18)10-21-13-6-5-12(2)14(8-13)16(19)20/h5-6,8,11H,3-4,7,9-10H2,1-2H3,(H,19,20). The molecule has 1 aliphatic heterocycles. The summed E-state index contributed by atoms with van der Waals surface area (Å²) in [6.07, 6.45) is 2.27. The Morgan fingerprint density at radius 1 is 1.43 bits per heavy atom. The molecule has 1 unspecified atom stereocenters. The van der Waals surface area contributed by atoms with Gasteiger partial charge in [-0.05, 0) is 43.4 Å². The van der Waals surface area contributed by atoms with Gasteiger partial charge in [0.15, 0.2) is 0 Å². The molecular weight excluding hydrogens is 286 g/mol. The molecule has 1 aromatic rings. The minimum atomic E-state index is -0.925. The van der Waals surface area contributed by atoms with Gasteiger partial charge >= 0.3 is 5.97 Å². The average molecular weight is 307 g/mol. The van der Waals surface area contributed by atoms with E-state index in [-0.39, 0.29) is 5.91 Å². The van der Waals surface area contributed by atoms with Crippen LogP contribution in [0.2, 0.25) is 0 Å². The molecule has 0 aromatic heterocycles. The van der Waals surface area contributed by atoms with E-state index in [1.165, 1.54) is 18.2 Å². The number of carboxylic acids is 1. The topological polar surface area (TPSA) is 57.6 Å². The summed E-state index contributed by atoms with van der Waals surface area (Å²) in [4.78, 5) is 26.1. The van der Waals surface area contributed by atoms with Crippen molar-refractivity contribution in [3.8, 4) is 0 Å². The molecule has 4 nitrogen and oxygen atoms in total. The number of benzene rings is 1. The van der Waals surface area contributed by atoms with Crippen molar-refractivity contribution in [1.29, 1.82) is 0 Å². The Morgan fingerprint density at radius 3 is 2.86 bits per heavy atom. The van der Waals surface area contributed by atoms with Crippen molar-refractivity contribution in [3.63, 3.8) is 0 Å². The van der Waals surface area contributed by atoms with E-state index in [0.29, 0.717) is 17.2 Å². The number of thioether (sulfide) groups is 1. The Bertz CT molecular complexity index is 544. The normalized spacial score (nSPS) is 18.6. The van der Waals surface area contributed by atoms with Crippen LogP contribution < -0.4 is 0 Å². The van der Waals surface area contributed by atoms with Crippen molar-refractivity contribution >= 4 is 23.6 Å². The van der Waals surface area contributed by atoms with Crippen LogP contribution in [0.15, 0.2) is 23.1 Å². The largest absolute Gasteiger partial charge is 0.478 e. The van der Waals surface area contributed by atoms with Crippen LogP contribution in [-0.4, -0.2) is 40.7 Å². The van der Waals surface area contributed by atoms with Crippen molar-refractivity contribution in [2.24, 2.45) is 5.92 Å². The summed E-state index contributed by atoms with van der Waals surface area (Å²) in [6.45, 7) is 5.63. The van der Waals surface area contributed by atoms with Gasteiger partial charge in [0.1, 0.15) is 0 Å². The van der Waals surface area contributed by atoms with E-state index in [9.17, 15) is 9.59 Å². The summed E-state index contributed by atoms with van der Waals surface area (Å²) >= 11 is 1.41. The highest BCUT2D eigenvalue weighted by atomic mass is 32.2. The quantitative estimate of drug-likeness (QED) is 0.869. The van der Waals surface area contributed by atoms with Crippen LogP contribution in [0.3, 0.4) is 0 Å². The monoisotopic (exact) mass is 307 g/mol. The van der Waals surface area contributed by atoms with Crippen LogP contribution in [0.1, 0.15) is 35.7 Å². The van der Waals surface area contributed by atoms with Gasteiger partial charge in [0, 0.05) is 18.0 Å². The molecular formula is C16H21NO3S. The number of likely N-dealkylation sites (tertiary alicyclic amines) is 1. The highest BCUT2D eigenvalue weighted by Gasteiger charge is 2.20. The number of hydrogen-bond acceptors (Lipinski definition) is 3. The van der Waals surface area contributed by atoms with Gasteiger partial charge in [0.2, 0.25) is 5.91 Å². The molecule has 1 aliphatic rings. The maximum Gasteiger partial charge on any atom is 0.335 e. The van der Waals surface area contributed by atoms with Crippen molar-refractivity contribution in [2.75, 3.05) is 18.8 Å². The zero-order valence-electron chi connectivity index (χ0n) is 12.5. The molecule has 114 valence electrons. The van der Waals surface area contributed by atoms with Crippen LogP contribution >= 0.6 is 11.8 Å². The van der Waals surface area contributed by atoms with Gasteiger partial charge in [-0.2, -0.15) is 0 Å². The average Bonchev–Trinajstić information content (AvgIpc) is 2.45. The van der Waals surface area contributed by atoms with Gasteiger partial charge in [-0.25, -0.2) is 4.79 Å². The second-order valence-electron chi connectivity index (χ2n) is 5.66. The first kappa shape index (κ1) is 15.9. The molecule has 1 N–H and O–H groups in total. The van der Waals surface area contributed by atoms with E-state index in [1.807, 2.05) is 11.0 Å². The van der Waals surface area contributed by atoms with Crippen LogP contribution in [-0.2, 0) is 4.79 Å². The van der Waals surface area contributed by atoms with E-state index in [0.717, 1.165) is 30.0 Å². The molecule has 1 aromatic carbocycles. The van der Waals surface area contributed by atoms with Gasteiger partial charge in [-0.15, -0.1) is 11.8 Å². The summed E-state index contributed by atoms with van der Waals surface area (Å²) in [5, 5.41) is 9.12. The summed E-state index contributed by atoms with van der Waals surface area (Å²) in [7, 11) is 0. The number of carbonyl (C=O) groups excluding carboxylic acids is 1. The zero-order valence-corrected chi connectivity index (χ0v) is 13.3. The SMILES string of the molecule is Cc1ccc(SCC(=O)N2CCCC(C)C2)cc1C(=O)O. The fourth-order valence-electron chi connectivity index (χ4n) is 2.57. The summed E-state index contributed by atoms with van der Waals surface area (Å²) < 4.78 is 0. The molecule has 0 saturated carbocycles. The first-order chi connectivity index (χ1) is 9.97. The molecule has 2 rings (SSSR count). The lowest BCUT2D eigenvalue weighted by atomic mass is 10.0. The summed E-state index contributed by atoms with van der Waals surface area (Å²) in [5.41, 5.74) is 1.04. The lowest BCUT2D eigenvalue weighted by molar-refractivity contribution is -0.130. The number of carbonyl (C=O) groups is 2. The molecule has 0 spiro atoms. The van der Waals surface area contributed by atoms with E-state index in [4.69, 9.17) is 5.11 Å². The predicted molar refractivity (Wildman–Crippen MR) is 83.8 cm³/mol. The number of piperidine rings is 1. The fourth-order valence-corrected chi connectivity index (χ4v) is 3.41. The Kier molecular flexibility index (Phi) is 5.28. The third kappa shape index (κ3) is 4.24. The number of rotatable bonds is 4. The predicted octanol–water partition coefficient (Wildman–Crippen LogP) is 3.04. The maximum atomic E-state index is 12.2. The first-order valence-electron chi connectivity index (χ1n) is 7.22. The molecule has 0 aliphatic carbocycles. The van der Waals surface area contributed by atoms with Crippen molar-refractivity contribution in [3.05, 3.63) is 29.3 Å². The molecule has 1 heterocycles. The summed E-state index contributed by atoms with van der Waals surface area (Å²) in [6, 6.07) is 5.31. The molecule has 21 heavy (non-hydrogen) atoms. The molecule has 5 heteroatoms. The van der Waals surface area contributed by atoms with Crippen LogP contribution in [0.25, 0.3) is 0 Å². The van der Waals surface area contributed by atoms with E-state index < -0.39 is 5.97 Å². The van der Waals surface area contributed by atoms with Crippen LogP contribution in [0.4, 0.5) is 0 Å². The van der Waals surface area contributed by atoms with E-state index >= 15 is 0 Å². The number of aromatic carboxylic acids is 1. The number of aryl methyl sites for hydroxylation is 1. The smallest absolute Gasteiger partial charge is 0.335 e. The highest BCUT2D eigenvalue weighted by molar-refractivity contribution is 8.00. The Morgan fingerprint density at radius 2 is 2.19 bits per heavy atom. The van der Waals surface area contributed by atoms with Crippen LogP contribution in [0.5, 0.6) is 0 Å². The van der Waals surface area contributed by atoms with Gasteiger partial charge in [-0.3, -0.25) is 4.79 Å². The Hall–Kier alpha value is -1.49. The number of hydrogen-bond donors (Lipinski definition) is 1. The van der Waals surface area contributed by atoms with Crippen molar-refractivity contribution < 1.29 is 14.7 Å². The lowest BCUT2D eigenvalue weighted by Crippen LogP contribution is -2.40. The maximum absolute atomic E-state index is 12.2. The fraction of sp³-hybridized carbons (Fsp3) is 0.500. The van der Waals surface area contributed by atoms with E-state index in [2.05, 4.69) is 6.92 Å². The van der Waals surface area contributed by atoms with Crippen molar-refractivity contribution in [2.45, 2.75) is 31.6 Å². The first-order valence-corrected chi connectivity index (χ1v) is 8.20. The van der Waals surface area contributed by atoms with Crippen molar-refractivity contribution in [1.82, 2.24) is 4.90 Å². The highest BCUT2D eigenvalue weighted by Crippen LogP contribution is 2.23. The van der Waals surface area contributed by atoms with Gasteiger partial charge in [-0.1, -0.05) is 13.0 Å².